The fourth-order valence-electron chi connectivity index (χ4n) is 2.75. The molecule has 1 aromatic heterocycles. The van der Waals surface area contributed by atoms with Gasteiger partial charge < -0.3 is 10.1 Å². The maximum atomic E-state index is 13.7. The van der Waals surface area contributed by atoms with Crippen LogP contribution in [0.25, 0.3) is 0 Å². The van der Waals surface area contributed by atoms with Crippen LogP contribution >= 0.6 is 0 Å². The second-order valence-corrected chi connectivity index (χ2v) is 9.44. The Bertz CT molecular complexity index is 1100. The molecule has 1 amide bonds. The van der Waals surface area contributed by atoms with Crippen LogP contribution in [0.1, 0.15) is 35.9 Å². The zero-order valence-electron chi connectivity index (χ0n) is 16.9. The summed E-state index contributed by atoms with van der Waals surface area (Å²) in [7, 11) is 2.79. The molecular formula is C20H20BF2N3O4S. The van der Waals surface area contributed by atoms with E-state index in [4.69, 9.17) is 12.6 Å². The zero-order valence-corrected chi connectivity index (χ0v) is 17.7. The number of benzene rings is 1. The molecule has 1 atom stereocenters. The highest BCUT2D eigenvalue weighted by molar-refractivity contribution is 7.93. The Hall–Kier alpha value is -2.82. The van der Waals surface area contributed by atoms with E-state index in [0.717, 1.165) is 17.9 Å². The molecule has 3 rings (SSSR count). The molecule has 1 N–H and O–H groups in total. The lowest BCUT2D eigenvalue weighted by atomic mass is 9.73. The van der Waals surface area contributed by atoms with E-state index in [0.29, 0.717) is 19.8 Å². The van der Waals surface area contributed by atoms with Crippen LogP contribution in [0.4, 0.5) is 8.78 Å². The number of sulfone groups is 1. The number of hydrogen-bond donors (Lipinski definition) is 1. The predicted molar refractivity (Wildman–Crippen MR) is 111 cm³/mol. The molecule has 2 radical (unpaired) electrons. The monoisotopic (exact) mass is 447 g/mol. The van der Waals surface area contributed by atoms with Crippen molar-refractivity contribution in [1.82, 2.24) is 15.3 Å². The number of carbonyl (C=O) groups is 1. The van der Waals surface area contributed by atoms with Gasteiger partial charge in [-0.2, -0.15) is 13.8 Å². The Kier molecular flexibility index (Phi) is 6.17. The molecule has 0 saturated heterocycles. The Balaban J connectivity index is 1.96. The quantitative estimate of drug-likeness (QED) is 0.625. The molecule has 0 bridgehead atoms. The van der Waals surface area contributed by atoms with Gasteiger partial charge in [-0.1, -0.05) is 24.3 Å². The molecule has 1 heterocycles. The molecular weight excluding hydrogens is 427 g/mol. The van der Waals surface area contributed by atoms with Crippen molar-refractivity contribution in [2.75, 3.05) is 6.26 Å². The van der Waals surface area contributed by atoms with Crippen LogP contribution in [0, 0.1) is 5.92 Å². The SMILES string of the molecule is [B][C@](/C=C/S(C)(=O)=O)(NC(=O)c1cnc(C(C)(F)F)nc1Oc1ccccc1)C1CC1. The van der Waals surface area contributed by atoms with E-state index in [1.54, 1.807) is 30.3 Å². The summed E-state index contributed by atoms with van der Waals surface area (Å²) in [6.07, 6.45) is 4.53. The second kappa shape index (κ2) is 8.37. The van der Waals surface area contributed by atoms with E-state index in [9.17, 15) is 22.0 Å². The van der Waals surface area contributed by atoms with Gasteiger partial charge in [-0.05, 0) is 30.9 Å². The van der Waals surface area contributed by atoms with Gasteiger partial charge in [0.1, 0.15) is 19.2 Å². The summed E-state index contributed by atoms with van der Waals surface area (Å²) < 4.78 is 56.0. The van der Waals surface area contributed by atoms with Crippen molar-refractivity contribution < 1.29 is 26.7 Å². The summed E-state index contributed by atoms with van der Waals surface area (Å²) in [5.74, 6) is -5.22. The van der Waals surface area contributed by atoms with Gasteiger partial charge in [0.15, 0.2) is 9.84 Å². The maximum absolute atomic E-state index is 13.7. The molecule has 1 saturated carbocycles. The number of halogens is 2. The smallest absolute Gasteiger partial charge is 0.303 e. The van der Waals surface area contributed by atoms with Crippen molar-refractivity contribution in [3.63, 3.8) is 0 Å². The molecule has 1 fully saturated rings. The molecule has 2 aromatic rings. The summed E-state index contributed by atoms with van der Waals surface area (Å²) >= 11 is 0. The molecule has 0 spiro atoms. The highest BCUT2D eigenvalue weighted by Gasteiger charge is 2.41. The van der Waals surface area contributed by atoms with Crippen LogP contribution in [0.2, 0.25) is 0 Å². The minimum absolute atomic E-state index is 0.173. The first kappa shape index (κ1) is 22.9. The van der Waals surface area contributed by atoms with Gasteiger partial charge in [-0.25, -0.2) is 13.4 Å². The van der Waals surface area contributed by atoms with Gasteiger partial charge in [0, 0.05) is 30.2 Å². The average molecular weight is 447 g/mol. The van der Waals surface area contributed by atoms with Crippen molar-refractivity contribution in [3.8, 4) is 11.6 Å². The Labute approximate surface area is 180 Å². The number of carbonyl (C=O) groups excluding carboxylic acids is 1. The fraction of sp³-hybridized carbons (Fsp3) is 0.350. The minimum Gasteiger partial charge on any atom is -0.438 e. The van der Waals surface area contributed by atoms with Crippen LogP contribution < -0.4 is 10.1 Å². The van der Waals surface area contributed by atoms with Crippen LogP contribution in [0.15, 0.2) is 48.0 Å². The molecule has 7 nitrogen and oxygen atoms in total. The number of amides is 1. The third-order valence-corrected chi connectivity index (χ3v) is 5.15. The number of hydrogen-bond acceptors (Lipinski definition) is 6. The number of nitrogens with one attached hydrogen (secondary N) is 1. The molecule has 31 heavy (non-hydrogen) atoms. The van der Waals surface area contributed by atoms with Gasteiger partial charge in [0.2, 0.25) is 11.7 Å². The van der Waals surface area contributed by atoms with E-state index in [1.165, 1.54) is 6.08 Å². The van der Waals surface area contributed by atoms with Crippen LogP contribution in [0.3, 0.4) is 0 Å². The predicted octanol–water partition coefficient (Wildman–Crippen LogP) is 2.94. The first-order valence-corrected chi connectivity index (χ1v) is 11.3. The van der Waals surface area contributed by atoms with Gasteiger partial charge >= 0.3 is 5.92 Å². The topological polar surface area (TPSA) is 98.2 Å². The molecule has 1 aliphatic rings. The number of ether oxygens (including phenoxy) is 1. The number of rotatable bonds is 8. The third kappa shape index (κ3) is 6.10. The van der Waals surface area contributed by atoms with E-state index in [2.05, 4.69) is 15.3 Å². The first-order chi connectivity index (χ1) is 14.4. The highest BCUT2D eigenvalue weighted by Crippen LogP contribution is 2.39. The lowest BCUT2D eigenvalue weighted by Crippen LogP contribution is -2.49. The summed E-state index contributed by atoms with van der Waals surface area (Å²) in [6.45, 7) is 0.627. The molecule has 0 aliphatic heterocycles. The summed E-state index contributed by atoms with van der Waals surface area (Å²) in [5.41, 5.74) is -1.67. The molecule has 0 unspecified atom stereocenters. The number of aromatic nitrogens is 2. The fourth-order valence-corrected chi connectivity index (χ4v) is 3.22. The summed E-state index contributed by atoms with van der Waals surface area (Å²) in [5, 5.41) is 3.49. The van der Waals surface area contributed by atoms with Crippen molar-refractivity contribution in [2.24, 2.45) is 5.92 Å². The average Bonchev–Trinajstić information content (AvgIpc) is 3.52. The third-order valence-electron chi connectivity index (χ3n) is 4.52. The molecule has 1 aliphatic carbocycles. The molecule has 162 valence electrons. The summed E-state index contributed by atoms with van der Waals surface area (Å²) in [6, 6.07) is 8.21. The normalized spacial score (nSPS) is 16.6. The van der Waals surface area contributed by atoms with E-state index in [-0.39, 0.29) is 23.1 Å². The van der Waals surface area contributed by atoms with Gasteiger partial charge in [-0.3, -0.25) is 4.79 Å². The van der Waals surface area contributed by atoms with Gasteiger partial charge in [0.05, 0.1) is 0 Å². The number of para-hydroxylation sites is 1. The van der Waals surface area contributed by atoms with Crippen molar-refractivity contribution in [3.05, 3.63) is 59.4 Å². The second-order valence-electron chi connectivity index (χ2n) is 7.51. The highest BCUT2D eigenvalue weighted by atomic mass is 32.2. The van der Waals surface area contributed by atoms with Crippen molar-refractivity contribution >= 4 is 23.6 Å². The molecule has 1 aromatic carbocycles. The van der Waals surface area contributed by atoms with E-state index < -0.39 is 32.9 Å². The first-order valence-electron chi connectivity index (χ1n) is 9.36. The molecule has 11 heteroatoms. The van der Waals surface area contributed by atoms with Crippen molar-refractivity contribution in [2.45, 2.75) is 31.1 Å². The van der Waals surface area contributed by atoms with Crippen LogP contribution in [0.5, 0.6) is 11.6 Å². The largest absolute Gasteiger partial charge is 0.438 e. The minimum atomic E-state index is -3.48. The van der Waals surface area contributed by atoms with Crippen molar-refractivity contribution in [1.29, 1.82) is 0 Å². The van der Waals surface area contributed by atoms with Gasteiger partial charge in [0.25, 0.3) is 5.91 Å². The lowest BCUT2D eigenvalue weighted by Gasteiger charge is -2.28. The van der Waals surface area contributed by atoms with Gasteiger partial charge in [-0.15, -0.1) is 0 Å². The van der Waals surface area contributed by atoms with E-state index in [1.807, 2.05) is 0 Å². The Morgan fingerprint density at radius 1 is 1.29 bits per heavy atom. The number of alkyl halides is 2. The summed E-state index contributed by atoms with van der Waals surface area (Å²) in [4.78, 5) is 20.3. The standard InChI is InChI=1S/C20H20BF2N3O4S/c1-19(22,23)18-24-12-15(17(25-18)30-14-6-4-3-5-7-14)16(27)26-20(21,13-8-9-13)10-11-31(2,28)29/h3-7,10-13H,8-9H2,1-2H3,(H,26,27)/b11-10+/t20-/m1/s1. The Morgan fingerprint density at radius 2 is 1.94 bits per heavy atom. The maximum Gasteiger partial charge on any atom is 0.303 e. The Morgan fingerprint density at radius 3 is 2.48 bits per heavy atom. The number of nitrogens with zero attached hydrogens (tertiary/aromatic N) is 2. The van der Waals surface area contributed by atoms with E-state index >= 15 is 0 Å². The van der Waals surface area contributed by atoms with Crippen LogP contribution in [-0.4, -0.2) is 43.8 Å². The zero-order chi connectivity index (χ0) is 22.9. The lowest BCUT2D eigenvalue weighted by molar-refractivity contribution is 0.00707. The van der Waals surface area contributed by atoms with Crippen LogP contribution in [-0.2, 0) is 15.8 Å².